The Morgan fingerprint density at radius 2 is 1.78 bits per heavy atom. The van der Waals surface area contributed by atoms with Crippen LogP contribution in [0.2, 0.25) is 5.02 Å². The number of benzene rings is 1. The van der Waals surface area contributed by atoms with Gasteiger partial charge in [0.25, 0.3) is 0 Å². The molecule has 2 fully saturated rings. The fraction of sp³-hybridized carbons (Fsp3) is 0.600. The number of carbonyl (C=O) groups is 2. The standard InChI is InChI=1S/C20H26ClN3O3/c21-16-2-3-17-15(13-16)1-4-18(17)22-20(26)24-7-5-14(6-8-24)19(25)23-9-11-27-12-10-23/h2-3,13-14,18H,1,4-12H2,(H,22,26). The minimum atomic E-state index is -0.0277. The number of hydrogen-bond acceptors (Lipinski definition) is 3. The lowest BCUT2D eigenvalue weighted by Gasteiger charge is -2.36. The van der Waals surface area contributed by atoms with Crippen molar-refractivity contribution in [1.82, 2.24) is 15.1 Å². The first-order chi connectivity index (χ1) is 13.1. The van der Waals surface area contributed by atoms with Gasteiger partial charge in [-0.3, -0.25) is 4.79 Å². The first-order valence-electron chi connectivity index (χ1n) is 9.82. The number of rotatable bonds is 2. The van der Waals surface area contributed by atoms with E-state index >= 15 is 0 Å². The van der Waals surface area contributed by atoms with Crippen LogP contribution in [0.5, 0.6) is 0 Å². The minimum absolute atomic E-state index is 0.0277. The van der Waals surface area contributed by atoms with Gasteiger partial charge in [-0.1, -0.05) is 17.7 Å². The Balaban J connectivity index is 1.29. The van der Waals surface area contributed by atoms with Crippen LogP contribution in [0, 0.1) is 5.92 Å². The minimum Gasteiger partial charge on any atom is -0.378 e. The van der Waals surface area contributed by atoms with Gasteiger partial charge >= 0.3 is 6.03 Å². The number of morpholine rings is 1. The van der Waals surface area contributed by atoms with Gasteiger partial charge in [-0.05, 0) is 48.9 Å². The molecule has 1 atom stereocenters. The molecule has 3 amide bonds. The Bertz CT molecular complexity index is 712. The second-order valence-electron chi connectivity index (χ2n) is 7.58. The molecule has 27 heavy (non-hydrogen) atoms. The highest BCUT2D eigenvalue weighted by Crippen LogP contribution is 2.33. The number of ether oxygens (including phenoxy) is 1. The molecule has 6 nitrogen and oxygen atoms in total. The lowest BCUT2D eigenvalue weighted by Crippen LogP contribution is -2.49. The average Bonchev–Trinajstić information content (AvgIpc) is 3.10. The number of nitrogens with one attached hydrogen (secondary N) is 1. The molecule has 0 saturated carbocycles. The Morgan fingerprint density at radius 1 is 1.04 bits per heavy atom. The lowest BCUT2D eigenvalue weighted by molar-refractivity contribution is -0.141. The van der Waals surface area contributed by atoms with E-state index in [0.29, 0.717) is 39.4 Å². The van der Waals surface area contributed by atoms with Gasteiger partial charge in [0.05, 0.1) is 19.3 Å². The van der Waals surface area contributed by atoms with E-state index < -0.39 is 0 Å². The van der Waals surface area contributed by atoms with E-state index in [0.717, 1.165) is 30.7 Å². The van der Waals surface area contributed by atoms with Crippen LogP contribution >= 0.6 is 11.6 Å². The third kappa shape index (κ3) is 4.06. The molecular weight excluding hydrogens is 366 g/mol. The first-order valence-corrected chi connectivity index (χ1v) is 10.2. The summed E-state index contributed by atoms with van der Waals surface area (Å²) in [7, 11) is 0. The van der Waals surface area contributed by atoms with E-state index in [-0.39, 0.29) is 23.9 Å². The molecule has 0 aromatic heterocycles. The predicted octanol–water partition coefficient (Wildman–Crippen LogP) is 2.61. The summed E-state index contributed by atoms with van der Waals surface area (Å²) >= 11 is 6.06. The van der Waals surface area contributed by atoms with Crippen molar-refractivity contribution in [2.75, 3.05) is 39.4 Å². The molecule has 2 heterocycles. The maximum absolute atomic E-state index is 12.7. The summed E-state index contributed by atoms with van der Waals surface area (Å²) in [6, 6.07) is 5.92. The molecule has 146 valence electrons. The van der Waals surface area contributed by atoms with Crippen LogP contribution < -0.4 is 5.32 Å². The Hall–Kier alpha value is -1.79. The summed E-state index contributed by atoms with van der Waals surface area (Å²) < 4.78 is 5.32. The zero-order chi connectivity index (χ0) is 18.8. The summed E-state index contributed by atoms with van der Waals surface area (Å²) in [5, 5.41) is 3.91. The van der Waals surface area contributed by atoms with Gasteiger partial charge < -0.3 is 19.9 Å². The molecule has 1 aliphatic carbocycles. The molecular formula is C20H26ClN3O3. The van der Waals surface area contributed by atoms with Crippen LogP contribution in [-0.4, -0.2) is 61.1 Å². The number of aryl methyl sites for hydroxylation is 1. The van der Waals surface area contributed by atoms with Gasteiger partial charge in [0.1, 0.15) is 0 Å². The Morgan fingerprint density at radius 3 is 2.52 bits per heavy atom. The fourth-order valence-electron chi connectivity index (χ4n) is 4.35. The van der Waals surface area contributed by atoms with E-state index in [4.69, 9.17) is 16.3 Å². The summed E-state index contributed by atoms with van der Waals surface area (Å²) in [6.45, 7) is 3.89. The van der Waals surface area contributed by atoms with Gasteiger partial charge in [-0.25, -0.2) is 4.79 Å². The topological polar surface area (TPSA) is 61.9 Å². The molecule has 2 saturated heterocycles. The lowest BCUT2D eigenvalue weighted by atomic mass is 9.95. The number of hydrogen-bond donors (Lipinski definition) is 1. The van der Waals surface area contributed by atoms with E-state index in [1.165, 1.54) is 11.1 Å². The van der Waals surface area contributed by atoms with Crippen LogP contribution in [-0.2, 0) is 16.0 Å². The Kier molecular flexibility index (Phi) is 5.55. The molecule has 2 aliphatic heterocycles. The van der Waals surface area contributed by atoms with Crippen molar-refractivity contribution >= 4 is 23.5 Å². The second kappa shape index (κ2) is 8.07. The van der Waals surface area contributed by atoms with Gasteiger partial charge in [0, 0.05) is 37.1 Å². The van der Waals surface area contributed by atoms with Crippen molar-refractivity contribution in [3.8, 4) is 0 Å². The zero-order valence-corrected chi connectivity index (χ0v) is 16.2. The van der Waals surface area contributed by atoms with Crippen molar-refractivity contribution in [1.29, 1.82) is 0 Å². The van der Waals surface area contributed by atoms with Crippen molar-refractivity contribution < 1.29 is 14.3 Å². The van der Waals surface area contributed by atoms with E-state index in [1.54, 1.807) is 0 Å². The molecule has 0 bridgehead atoms. The van der Waals surface area contributed by atoms with Crippen LogP contribution in [0.3, 0.4) is 0 Å². The van der Waals surface area contributed by atoms with Crippen molar-refractivity contribution in [2.45, 2.75) is 31.7 Å². The summed E-state index contributed by atoms with van der Waals surface area (Å²) in [5.41, 5.74) is 2.40. The molecule has 1 aromatic rings. The summed E-state index contributed by atoms with van der Waals surface area (Å²) in [5.74, 6) is 0.251. The molecule has 0 radical (unpaired) electrons. The van der Waals surface area contributed by atoms with E-state index in [1.807, 2.05) is 28.0 Å². The highest BCUT2D eigenvalue weighted by Gasteiger charge is 2.32. The van der Waals surface area contributed by atoms with Gasteiger partial charge in [0.15, 0.2) is 0 Å². The maximum atomic E-state index is 12.7. The SMILES string of the molecule is O=C(NC1CCc2cc(Cl)ccc21)N1CCC(C(=O)N2CCOCC2)CC1. The molecule has 1 unspecified atom stereocenters. The summed E-state index contributed by atoms with van der Waals surface area (Å²) in [4.78, 5) is 29.1. The second-order valence-corrected chi connectivity index (χ2v) is 8.02. The largest absolute Gasteiger partial charge is 0.378 e. The number of nitrogens with zero attached hydrogens (tertiary/aromatic N) is 2. The smallest absolute Gasteiger partial charge is 0.317 e. The number of urea groups is 1. The molecule has 4 rings (SSSR count). The number of carbonyl (C=O) groups excluding carboxylic acids is 2. The fourth-order valence-corrected chi connectivity index (χ4v) is 4.54. The van der Waals surface area contributed by atoms with Crippen molar-refractivity contribution in [3.05, 3.63) is 34.3 Å². The normalized spacial score (nSPS) is 23.2. The number of amides is 3. The number of halogens is 1. The first kappa shape index (κ1) is 18.6. The molecule has 1 aromatic carbocycles. The van der Waals surface area contributed by atoms with Crippen LogP contribution in [0.4, 0.5) is 4.79 Å². The van der Waals surface area contributed by atoms with Crippen molar-refractivity contribution in [2.24, 2.45) is 5.92 Å². The van der Waals surface area contributed by atoms with Gasteiger partial charge in [0.2, 0.25) is 5.91 Å². The Labute approximate surface area is 164 Å². The van der Waals surface area contributed by atoms with E-state index in [2.05, 4.69) is 5.32 Å². The van der Waals surface area contributed by atoms with Crippen LogP contribution in [0.15, 0.2) is 18.2 Å². The third-order valence-corrected chi connectivity index (χ3v) is 6.17. The number of fused-ring (bicyclic) bond motifs is 1. The van der Waals surface area contributed by atoms with E-state index in [9.17, 15) is 9.59 Å². The molecule has 0 spiro atoms. The monoisotopic (exact) mass is 391 g/mol. The average molecular weight is 392 g/mol. The molecule has 1 N–H and O–H groups in total. The van der Waals surface area contributed by atoms with Crippen LogP contribution in [0.1, 0.15) is 36.4 Å². The maximum Gasteiger partial charge on any atom is 0.317 e. The number of piperidine rings is 1. The highest BCUT2D eigenvalue weighted by atomic mass is 35.5. The molecule has 7 heteroatoms. The number of likely N-dealkylation sites (tertiary alicyclic amines) is 1. The quantitative estimate of drug-likeness (QED) is 0.842. The van der Waals surface area contributed by atoms with Gasteiger partial charge in [-0.2, -0.15) is 0 Å². The zero-order valence-electron chi connectivity index (χ0n) is 15.5. The summed E-state index contributed by atoms with van der Waals surface area (Å²) in [6.07, 6.45) is 3.32. The predicted molar refractivity (Wildman–Crippen MR) is 103 cm³/mol. The third-order valence-electron chi connectivity index (χ3n) is 5.93. The van der Waals surface area contributed by atoms with Crippen molar-refractivity contribution in [3.63, 3.8) is 0 Å². The van der Waals surface area contributed by atoms with Crippen LogP contribution in [0.25, 0.3) is 0 Å². The van der Waals surface area contributed by atoms with Gasteiger partial charge in [-0.15, -0.1) is 0 Å². The highest BCUT2D eigenvalue weighted by molar-refractivity contribution is 6.30. The molecule has 3 aliphatic rings.